The lowest BCUT2D eigenvalue weighted by atomic mass is 10.3. The summed E-state index contributed by atoms with van der Waals surface area (Å²) in [6.45, 7) is 1.48. The minimum Gasteiger partial charge on any atom is -0.495 e. The van der Waals surface area contributed by atoms with Crippen molar-refractivity contribution in [2.75, 3.05) is 25.5 Å². The number of nitrogens with one attached hydrogen (secondary N) is 1. The summed E-state index contributed by atoms with van der Waals surface area (Å²) in [5, 5.41) is 2.90. The van der Waals surface area contributed by atoms with Crippen LogP contribution >= 0.6 is 11.6 Å². The van der Waals surface area contributed by atoms with Crippen LogP contribution in [0.3, 0.4) is 0 Å². The van der Waals surface area contributed by atoms with E-state index in [0.717, 1.165) is 11.3 Å². The third kappa shape index (κ3) is 4.08. The van der Waals surface area contributed by atoms with Crippen molar-refractivity contribution in [2.24, 2.45) is 0 Å². The van der Waals surface area contributed by atoms with Gasteiger partial charge in [0.05, 0.1) is 12.8 Å². The van der Waals surface area contributed by atoms with Gasteiger partial charge in [0, 0.05) is 11.6 Å². The molecule has 0 spiro atoms. The average molecular weight is 368 g/mol. The van der Waals surface area contributed by atoms with Crippen LogP contribution in [-0.2, 0) is 14.4 Å². The second-order valence-electron chi connectivity index (χ2n) is 5.38. The SMILES string of the molecule is CCCCN1C(=O)C(=O)N(CC(=O)Nc2cc(Cl)ccc2OC)C1=O. The number of ether oxygens (including phenoxy) is 1. The van der Waals surface area contributed by atoms with Crippen LogP contribution in [0, 0.1) is 0 Å². The van der Waals surface area contributed by atoms with Gasteiger partial charge in [-0.2, -0.15) is 0 Å². The van der Waals surface area contributed by atoms with Gasteiger partial charge >= 0.3 is 17.8 Å². The molecular weight excluding hydrogens is 350 g/mol. The molecule has 1 fully saturated rings. The van der Waals surface area contributed by atoms with Crippen LogP contribution in [0.1, 0.15) is 19.8 Å². The molecule has 1 aliphatic heterocycles. The number of unbranched alkanes of at least 4 members (excludes halogenated alkanes) is 1. The van der Waals surface area contributed by atoms with Gasteiger partial charge in [0.2, 0.25) is 5.91 Å². The number of carbonyl (C=O) groups excluding carboxylic acids is 4. The molecule has 8 nitrogen and oxygen atoms in total. The van der Waals surface area contributed by atoms with Crippen LogP contribution in [0.5, 0.6) is 5.75 Å². The molecule has 0 atom stereocenters. The van der Waals surface area contributed by atoms with Gasteiger partial charge in [0.1, 0.15) is 12.3 Å². The number of methoxy groups -OCH3 is 1. The molecule has 0 bridgehead atoms. The maximum atomic E-state index is 12.2. The molecule has 9 heteroatoms. The molecule has 1 saturated heterocycles. The molecule has 2 rings (SSSR count). The van der Waals surface area contributed by atoms with E-state index in [1.54, 1.807) is 12.1 Å². The van der Waals surface area contributed by atoms with Gasteiger partial charge in [-0.05, 0) is 24.6 Å². The fourth-order valence-electron chi connectivity index (χ4n) is 2.31. The highest BCUT2D eigenvalue weighted by molar-refractivity contribution is 6.45. The van der Waals surface area contributed by atoms with Gasteiger partial charge in [-0.1, -0.05) is 24.9 Å². The van der Waals surface area contributed by atoms with Crippen molar-refractivity contribution in [3.8, 4) is 5.75 Å². The minimum atomic E-state index is -1.01. The molecule has 0 unspecified atom stereocenters. The molecule has 1 aliphatic rings. The van der Waals surface area contributed by atoms with E-state index in [1.807, 2.05) is 6.92 Å². The van der Waals surface area contributed by atoms with Crippen LogP contribution in [0.25, 0.3) is 0 Å². The van der Waals surface area contributed by atoms with E-state index in [1.165, 1.54) is 13.2 Å². The summed E-state index contributed by atoms with van der Waals surface area (Å²) in [5.41, 5.74) is 0.299. The van der Waals surface area contributed by atoms with Crippen molar-refractivity contribution in [2.45, 2.75) is 19.8 Å². The zero-order chi connectivity index (χ0) is 18.6. The highest BCUT2D eigenvalue weighted by Gasteiger charge is 2.44. The average Bonchev–Trinajstić information content (AvgIpc) is 2.77. The number of nitrogens with zero attached hydrogens (tertiary/aromatic N) is 2. The summed E-state index contributed by atoms with van der Waals surface area (Å²) in [6, 6.07) is 3.86. The van der Waals surface area contributed by atoms with E-state index in [-0.39, 0.29) is 6.54 Å². The molecule has 1 N–H and O–H groups in total. The molecule has 5 amide bonds. The quantitative estimate of drug-likeness (QED) is 0.586. The van der Waals surface area contributed by atoms with Gasteiger partial charge in [-0.3, -0.25) is 19.3 Å². The molecular formula is C16H18ClN3O5. The molecule has 0 aliphatic carbocycles. The van der Waals surface area contributed by atoms with Gasteiger partial charge in [0.15, 0.2) is 0 Å². The molecule has 134 valence electrons. The number of urea groups is 1. The fourth-order valence-corrected chi connectivity index (χ4v) is 2.49. The number of amides is 5. The molecule has 1 aromatic rings. The summed E-state index contributed by atoms with van der Waals surface area (Å²) in [6.07, 6.45) is 1.35. The largest absolute Gasteiger partial charge is 0.495 e. The van der Waals surface area contributed by atoms with E-state index >= 15 is 0 Å². The highest BCUT2D eigenvalue weighted by atomic mass is 35.5. The first-order valence-electron chi connectivity index (χ1n) is 7.69. The summed E-state index contributed by atoms with van der Waals surface area (Å²) in [4.78, 5) is 49.7. The first-order valence-corrected chi connectivity index (χ1v) is 8.07. The summed E-state index contributed by atoms with van der Waals surface area (Å²) < 4.78 is 5.11. The minimum absolute atomic E-state index is 0.153. The summed E-state index contributed by atoms with van der Waals surface area (Å²) in [7, 11) is 1.43. The molecule has 0 saturated carbocycles. The number of halogens is 1. The number of hydrogen-bond acceptors (Lipinski definition) is 5. The van der Waals surface area contributed by atoms with E-state index in [2.05, 4.69) is 5.32 Å². The number of carbonyl (C=O) groups is 4. The van der Waals surface area contributed by atoms with E-state index in [0.29, 0.717) is 27.8 Å². The van der Waals surface area contributed by atoms with Gasteiger partial charge < -0.3 is 10.1 Å². The summed E-state index contributed by atoms with van der Waals surface area (Å²) in [5.74, 6) is -2.19. The van der Waals surface area contributed by atoms with E-state index in [4.69, 9.17) is 16.3 Å². The summed E-state index contributed by atoms with van der Waals surface area (Å²) >= 11 is 5.88. The van der Waals surface area contributed by atoms with Crippen LogP contribution in [0.4, 0.5) is 10.5 Å². The first-order chi connectivity index (χ1) is 11.9. The Balaban J connectivity index is 2.08. The second kappa shape index (κ2) is 7.98. The van der Waals surface area contributed by atoms with Gasteiger partial charge in [0.25, 0.3) is 0 Å². The molecule has 1 heterocycles. The van der Waals surface area contributed by atoms with Crippen LogP contribution in [0.15, 0.2) is 18.2 Å². The Kier molecular flexibility index (Phi) is 5.97. The maximum absolute atomic E-state index is 12.2. The highest BCUT2D eigenvalue weighted by Crippen LogP contribution is 2.27. The third-order valence-electron chi connectivity index (χ3n) is 3.61. The lowest BCUT2D eigenvalue weighted by Crippen LogP contribution is -2.39. The zero-order valence-electron chi connectivity index (χ0n) is 13.9. The van der Waals surface area contributed by atoms with Crippen molar-refractivity contribution >= 4 is 41.0 Å². The van der Waals surface area contributed by atoms with Crippen molar-refractivity contribution in [1.82, 2.24) is 9.80 Å². The predicted molar refractivity (Wildman–Crippen MR) is 90.4 cm³/mol. The predicted octanol–water partition coefficient (Wildman–Crippen LogP) is 1.88. The van der Waals surface area contributed by atoms with Gasteiger partial charge in [-0.15, -0.1) is 0 Å². The van der Waals surface area contributed by atoms with Gasteiger partial charge in [-0.25, -0.2) is 9.69 Å². The van der Waals surface area contributed by atoms with Crippen LogP contribution in [-0.4, -0.2) is 53.8 Å². The first kappa shape index (κ1) is 18.7. The van der Waals surface area contributed by atoms with Crippen molar-refractivity contribution in [3.63, 3.8) is 0 Å². The monoisotopic (exact) mass is 367 g/mol. The van der Waals surface area contributed by atoms with Crippen LogP contribution < -0.4 is 10.1 Å². The van der Waals surface area contributed by atoms with E-state index < -0.39 is 30.3 Å². The van der Waals surface area contributed by atoms with Crippen LogP contribution in [0.2, 0.25) is 5.02 Å². The zero-order valence-corrected chi connectivity index (χ0v) is 14.6. The number of imide groups is 2. The smallest absolute Gasteiger partial charge is 0.334 e. The van der Waals surface area contributed by atoms with E-state index in [9.17, 15) is 19.2 Å². The van der Waals surface area contributed by atoms with Crippen molar-refractivity contribution in [1.29, 1.82) is 0 Å². The normalized spacial score (nSPS) is 14.3. The third-order valence-corrected chi connectivity index (χ3v) is 3.84. The number of hydrogen-bond donors (Lipinski definition) is 1. The topological polar surface area (TPSA) is 96.0 Å². The lowest BCUT2D eigenvalue weighted by Gasteiger charge is -2.16. The Morgan fingerprint density at radius 1 is 1.20 bits per heavy atom. The Morgan fingerprint density at radius 2 is 1.88 bits per heavy atom. The fraction of sp³-hybridized carbons (Fsp3) is 0.375. The Bertz CT molecular complexity index is 722. The number of anilines is 1. The Hall–Kier alpha value is -2.61. The second-order valence-corrected chi connectivity index (χ2v) is 5.81. The molecule has 1 aromatic carbocycles. The Labute approximate surface area is 149 Å². The number of benzene rings is 1. The Morgan fingerprint density at radius 3 is 2.52 bits per heavy atom. The lowest BCUT2D eigenvalue weighted by molar-refractivity contribution is -0.143. The molecule has 0 aromatic heterocycles. The number of rotatable bonds is 7. The molecule has 0 radical (unpaired) electrons. The molecule has 25 heavy (non-hydrogen) atoms. The van der Waals surface area contributed by atoms with Crippen molar-refractivity contribution < 1.29 is 23.9 Å². The standard InChI is InChI=1S/C16H18ClN3O5/c1-3-4-7-19-14(22)15(23)20(16(19)24)9-13(21)18-11-8-10(17)5-6-12(11)25-2/h5-6,8H,3-4,7,9H2,1-2H3,(H,18,21). The van der Waals surface area contributed by atoms with Crippen molar-refractivity contribution in [3.05, 3.63) is 23.2 Å². The maximum Gasteiger partial charge on any atom is 0.334 e.